The maximum Gasteiger partial charge on any atom is 0.202 e. The number of nitrogens with zero attached hydrogens (tertiary/aromatic N) is 4. The first-order valence-electron chi connectivity index (χ1n) is 24.2. The Balaban J connectivity index is 0.950. The van der Waals surface area contributed by atoms with Crippen LogP contribution in [0.5, 0.6) is 0 Å². The molecule has 0 atom stereocenters. The van der Waals surface area contributed by atoms with Crippen LogP contribution in [-0.4, -0.2) is 48.5 Å². The van der Waals surface area contributed by atoms with Gasteiger partial charge in [-0.25, -0.2) is 20.0 Å². The van der Waals surface area contributed by atoms with Crippen LogP contribution in [0.3, 0.4) is 0 Å². The average molecular weight is 1010 g/mol. The van der Waals surface area contributed by atoms with E-state index in [-0.39, 0.29) is 11.6 Å². The van der Waals surface area contributed by atoms with Crippen molar-refractivity contribution in [3.8, 4) is 47.4 Å². The Hall–Kier alpha value is -11.7. The van der Waals surface area contributed by atoms with Crippen LogP contribution in [0.2, 0.25) is 0 Å². The summed E-state index contributed by atoms with van der Waals surface area (Å²) in [7, 11) is 0. The number of hydrogen-bond donors (Lipinski definition) is 4. The number of anilines is 4. The van der Waals surface area contributed by atoms with Crippen molar-refractivity contribution in [2.24, 2.45) is 20.0 Å². The first-order chi connectivity index (χ1) is 38.3. The molecule has 0 spiro atoms. The normalized spacial score (nSPS) is 11.9. The number of rotatable bonds is 8. The van der Waals surface area contributed by atoms with Gasteiger partial charge in [-0.15, -0.1) is 0 Å². The largest absolute Gasteiger partial charge is 0.337 e. The molecule has 0 amide bonds. The SMILES string of the molecule is O=Cc1ccc(C#Cc2ccc(NC3=NC(=C4N=C(Nc5ccc(C#Cc6ccc(C=O)cc6)cc5)C(Nc5ccc(C#Cc6ccc(C=O)cc6)cc5)=N4)N=C3Nc3ccc(C#Cc4ccc(C=O)cc4)cc3)cc2)cc1. The number of amidine groups is 4. The topological polar surface area (TPSA) is 166 Å². The Labute approximate surface area is 449 Å². The van der Waals surface area contributed by atoms with Gasteiger partial charge in [-0.2, -0.15) is 0 Å². The van der Waals surface area contributed by atoms with Crippen LogP contribution in [0.25, 0.3) is 0 Å². The lowest BCUT2D eigenvalue weighted by atomic mass is 10.1. The van der Waals surface area contributed by atoms with E-state index in [9.17, 15) is 19.2 Å². The monoisotopic (exact) mass is 1010 g/mol. The second-order valence-electron chi connectivity index (χ2n) is 17.3. The molecule has 0 unspecified atom stereocenters. The molecule has 0 saturated heterocycles. The molecule has 12 nitrogen and oxygen atoms in total. The van der Waals surface area contributed by atoms with Gasteiger partial charge in [-0.05, 0) is 146 Å². The zero-order valence-electron chi connectivity index (χ0n) is 41.2. The first kappa shape index (κ1) is 49.9. The Morgan fingerprint density at radius 3 is 0.538 bits per heavy atom. The molecule has 0 bridgehead atoms. The van der Waals surface area contributed by atoms with Crippen molar-refractivity contribution in [1.82, 2.24) is 0 Å². The van der Waals surface area contributed by atoms with Gasteiger partial charge in [0.25, 0.3) is 0 Å². The standard InChI is InChI=1S/C66H40N8O4/c75-41-53-17-9-45(10-18-53)1-5-49-25-33-57(34-26-49)67-61-62(68-58-35-27-50(28-36-58)6-2-46-11-19-54(42-76)20-12-46)72-65(71-61)66-73-63(69-59-37-29-51(30-38-59)7-3-47-13-21-55(43-77)22-14-47)64(74-66)70-60-39-31-52(32-40-60)8-4-48-15-23-56(44-78)24-16-48/h9-44H,(H,67,71)(H,68,72)(H,69,73)(H,70,74). The molecule has 368 valence electrons. The number of nitrogens with one attached hydrogen (secondary N) is 4. The lowest BCUT2D eigenvalue weighted by Gasteiger charge is -2.11. The van der Waals surface area contributed by atoms with E-state index in [0.29, 0.717) is 45.6 Å². The fourth-order valence-corrected chi connectivity index (χ4v) is 7.49. The smallest absolute Gasteiger partial charge is 0.202 e. The summed E-state index contributed by atoms with van der Waals surface area (Å²) in [6.45, 7) is 0. The minimum Gasteiger partial charge on any atom is -0.337 e. The summed E-state index contributed by atoms with van der Waals surface area (Å²) in [5, 5.41) is 13.7. The molecule has 8 aromatic rings. The first-order valence-corrected chi connectivity index (χ1v) is 24.2. The van der Waals surface area contributed by atoms with Crippen LogP contribution in [0.15, 0.2) is 226 Å². The maximum atomic E-state index is 11.1. The predicted octanol–water partition coefficient (Wildman–Crippen LogP) is 11.0. The van der Waals surface area contributed by atoms with E-state index in [4.69, 9.17) is 20.0 Å². The van der Waals surface area contributed by atoms with Crippen molar-refractivity contribution in [2.45, 2.75) is 0 Å². The van der Waals surface area contributed by atoms with E-state index in [0.717, 1.165) is 92.4 Å². The fraction of sp³-hybridized carbons (Fsp3) is 0. The third kappa shape index (κ3) is 13.1. The lowest BCUT2D eigenvalue weighted by molar-refractivity contribution is 0.111. The van der Waals surface area contributed by atoms with Crippen molar-refractivity contribution < 1.29 is 19.2 Å². The van der Waals surface area contributed by atoms with Gasteiger partial charge in [0.05, 0.1) is 0 Å². The van der Waals surface area contributed by atoms with E-state index in [2.05, 4.69) is 68.6 Å². The molecule has 0 aromatic heterocycles. The van der Waals surface area contributed by atoms with Crippen molar-refractivity contribution in [2.75, 3.05) is 21.3 Å². The summed E-state index contributed by atoms with van der Waals surface area (Å²) in [4.78, 5) is 64.3. The highest BCUT2D eigenvalue weighted by atomic mass is 16.1. The second kappa shape index (κ2) is 23.9. The van der Waals surface area contributed by atoms with Crippen LogP contribution in [0.4, 0.5) is 22.7 Å². The van der Waals surface area contributed by atoms with E-state index < -0.39 is 0 Å². The molecule has 0 saturated carbocycles. The molecular weight excluding hydrogens is 969 g/mol. The van der Waals surface area contributed by atoms with Crippen LogP contribution in [0, 0.1) is 47.4 Å². The van der Waals surface area contributed by atoms with E-state index in [1.54, 1.807) is 48.5 Å². The van der Waals surface area contributed by atoms with Crippen LogP contribution < -0.4 is 21.3 Å². The summed E-state index contributed by atoms with van der Waals surface area (Å²) >= 11 is 0. The Bertz CT molecular complexity index is 3500. The highest BCUT2D eigenvalue weighted by Gasteiger charge is 2.26. The van der Waals surface area contributed by atoms with Gasteiger partial charge in [-0.3, -0.25) is 19.2 Å². The Kier molecular flexibility index (Phi) is 15.3. The van der Waals surface area contributed by atoms with E-state index >= 15 is 0 Å². The molecule has 78 heavy (non-hydrogen) atoms. The van der Waals surface area contributed by atoms with Crippen molar-refractivity contribution in [1.29, 1.82) is 0 Å². The van der Waals surface area contributed by atoms with Gasteiger partial charge >= 0.3 is 0 Å². The summed E-state index contributed by atoms with van der Waals surface area (Å²) in [6, 6.07) is 58.7. The predicted molar refractivity (Wildman–Crippen MR) is 308 cm³/mol. The Morgan fingerprint density at radius 2 is 0.385 bits per heavy atom. The summed E-state index contributed by atoms with van der Waals surface area (Å²) in [5.74, 6) is 27.4. The van der Waals surface area contributed by atoms with Gasteiger partial charge in [0.1, 0.15) is 25.1 Å². The van der Waals surface area contributed by atoms with Gasteiger partial charge in [0, 0.05) is 89.5 Å². The van der Waals surface area contributed by atoms with E-state index in [1.165, 1.54) is 0 Å². The van der Waals surface area contributed by atoms with Crippen molar-refractivity contribution >= 4 is 71.2 Å². The number of benzene rings is 8. The average Bonchev–Trinajstić information content (AvgIpc) is 4.10. The molecule has 0 radical (unpaired) electrons. The number of aldehydes is 4. The minimum absolute atomic E-state index is 0.237. The third-order valence-electron chi connectivity index (χ3n) is 11.7. The van der Waals surface area contributed by atoms with Crippen LogP contribution in [0.1, 0.15) is 85.9 Å². The highest BCUT2D eigenvalue weighted by molar-refractivity contribution is 6.51. The van der Waals surface area contributed by atoms with Gasteiger partial charge in [0.2, 0.25) is 11.6 Å². The maximum absolute atomic E-state index is 11.1. The number of carbonyl (C=O) groups is 4. The van der Waals surface area contributed by atoms with Crippen molar-refractivity contribution in [3.63, 3.8) is 0 Å². The second-order valence-corrected chi connectivity index (χ2v) is 17.3. The molecule has 10 rings (SSSR count). The molecule has 2 aliphatic heterocycles. The van der Waals surface area contributed by atoms with Crippen LogP contribution >= 0.6 is 0 Å². The summed E-state index contributed by atoms with van der Waals surface area (Å²) in [6.07, 6.45) is 3.20. The lowest BCUT2D eigenvalue weighted by Crippen LogP contribution is -2.27. The molecule has 0 fully saturated rings. The number of hydrogen-bond acceptors (Lipinski definition) is 12. The molecule has 4 N–H and O–H groups in total. The Morgan fingerprint density at radius 1 is 0.231 bits per heavy atom. The zero-order valence-corrected chi connectivity index (χ0v) is 41.2. The van der Waals surface area contributed by atoms with Gasteiger partial charge in [-0.1, -0.05) is 95.9 Å². The van der Waals surface area contributed by atoms with Gasteiger partial charge < -0.3 is 21.3 Å². The molecular formula is C66H40N8O4. The quantitative estimate of drug-likeness (QED) is 0.0862. The minimum atomic E-state index is 0.237. The van der Waals surface area contributed by atoms with Crippen LogP contribution in [-0.2, 0) is 0 Å². The fourth-order valence-electron chi connectivity index (χ4n) is 7.49. The van der Waals surface area contributed by atoms with Gasteiger partial charge in [0.15, 0.2) is 23.3 Å². The summed E-state index contributed by atoms with van der Waals surface area (Å²) in [5.41, 5.74) is 11.5. The molecule has 2 heterocycles. The highest BCUT2D eigenvalue weighted by Crippen LogP contribution is 2.25. The zero-order chi connectivity index (χ0) is 53.5. The van der Waals surface area contributed by atoms with Crippen molar-refractivity contribution in [3.05, 3.63) is 273 Å². The molecule has 2 aliphatic rings. The molecule has 8 aromatic carbocycles. The van der Waals surface area contributed by atoms with E-state index in [1.807, 2.05) is 146 Å². The summed E-state index contributed by atoms with van der Waals surface area (Å²) < 4.78 is 0. The number of aliphatic imine (C=N–C) groups is 4. The molecule has 12 heteroatoms. The number of carbonyl (C=O) groups excluding carboxylic acids is 4. The third-order valence-corrected chi connectivity index (χ3v) is 11.7. The molecule has 0 aliphatic carbocycles.